The van der Waals surface area contributed by atoms with Crippen LogP contribution in [-0.2, 0) is 0 Å². The van der Waals surface area contributed by atoms with E-state index in [2.05, 4.69) is 10.6 Å². The molecule has 0 bridgehead atoms. The molecule has 4 nitrogen and oxygen atoms in total. The Morgan fingerprint density at radius 3 is 1.95 bits per heavy atom. The summed E-state index contributed by atoms with van der Waals surface area (Å²) in [5, 5.41) is 4.61. The first-order chi connectivity index (χ1) is 9.45. The molecule has 0 aromatic heterocycles. The van der Waals surface area contributed by atoms with Crippen LogP contribution in [0.15, 0.2) is 36.4 Å². The normalized spacial score (nSPS) is 10.2. The summed E-state index contributed by atoms with van der Waals surface area (Å²) in [6.07, 6.45) is 0. The Morgan fingerprint density at radius 2 is 1.40 bits per heavy atom. The lowest BCUT2D eigenvalue weighted by molar-refractivity contribution is 0.262. The van der Waals surface area contributed by atoms with Gasteiger partial charge in [-0.2, -0.15) is 0 Å². The molecule has 0 atom stereocenters. The van der Waals surface area contributed by atoms with Gasteiger partial charge in [0.25, 0.3) is 0 Å². The SMILES string of the molecule is Nc1ccc(NC(=O)Nc2cc(F)c(F)c(F)c2)cc1. The van der Waals surface area contributed by atoms with E-state index in [4.69, 9.17) is 5.73 Å². The second-order valence-corrected chi connectivity index (χ2v) is 3.96. The number of hydrogen-bond donors (Lipinski definition) is 3. The number of anilines is 3. The molecule has 0 saturated heterocycles. The molecule has 2 rings (SSSR count). The Bertz CT molecular complexity index is 621. The highest BCUT2D eigenvalue weighted by Gasteiger charge is 2.12. The lowest BCUT2D eigenvalue weighted by atomic mass is 10.3. The number of carbonyl (C=O) groups excluding carboxylic acids is 1. The summed E-state index contributed by atoms with van der Waals surface area (Å²) in [6, 6.07) is 6.91. The molecule has 20 heavy (non-hydrogen) atoms. The molecule has 0 unspecified atom stereocenters. The highest BCUT2D eigenvalue weighted by Crippen LogP contribution is 2.18. The Balaban J connectivity index is 2.06. The first kappa shape index (κ1) is 13.7. The van der Waals surface area contributed by atoms with E-state index in [1.54, 1.807) is 24.3 Å². The van der Waals surface area contributed by atoms with Crippen molar-refractivity contribution in [2.45, 2.75) is 0 Å². The molecule has 4 N–H and O–H groups in total. The van der Waals surface area contributed by atoms with Crippen molar-refractivity contribution in [3.63, 3.8) is 0 Å². The van der Waals surface area contributed by atoms with E-state index in [0.29, 0.717) is 23.5 Å². The molecule has 2 aromatic carbocycles. The molecule has 0 saturated carbocycles. The highest BCUT2D eigenvalue weighted by atomic mass is 19.2. The molecule has 0 aliphatic carbocycles. The third kappa shape index (κ3) is 3.19. The number of nitrogens with two attached hydrogens (primary N) is 1. The van der Waals surface area contributed by atoms with E-state index < -0.39 is 23.5 Å². The fraction of sp³-hybridized carbons (Fsp3) is 0. The predicted molar refractivity (Wildman–Crippen MR) is 69.8 cm³/mol. The Kier molecular flexibility index (Phi) is 3.79. The molecule has 104 valence electrons. The zero-order valence-electron chi connectivity index (χ0n) is 10.1. The van der Waals surface area contributed by atoms with Crippen molar-refractivity contribution >= 4 is 23.1 Å². The van der Waals surface area contributed by atoms with Gasteiger partial charge < -0.3 is 16.4 Å². The fourth-order valence-electron chi connectivity index (χ4n) is 1.49. The second kappa shape index (κ2) is 5.52. The van der Waals surface area contributed by atoms with Crippen LogP contribution in [0.25, 0.3) is 0 Å². The number of rotatable bonds is 2. The van der Waals surface area contributed by atoms with Crippen molar-refractivity contribution in [1.82, 2.24) is 0 Å². The summed E-state index contributed by atoms with van der Waals surface area (Å²) >= 11 is 0. The van der Waals surface area contributed by atoms with Crippen LogP contribution in [0.3, 0.4) is 0 Å². The van der Waals surface area contributed by atoms with Crippen LogP contribution in [0.1, 0.15) is 0 Å². The second-order valence-electron chi connectivity index (χ2n) is 3.96. The molecule has 0 heterocycles. The lowest BCUT2D eigenvalue weighted by Crippen LogP contribution is -2.19. The molecule has 0 spiro atoms. The van der Waals surface area contributed by atoms with Gasteiger partial charge in [-0.05, 0) is 24.3 Å². The summed E-state index contributed by atoms with van der Waals surface area (Å²) < 4.78 is 38.7. The maximum absolute atomic E-state index is 13.0. The third-order valence-corrected chi connectivity index (χ3v) is 2.41. The first-order valence-corrected chi connectivity index (χ1v) is 5.54. The number of nitrogen functional groups attached to an aromatic ring is 1. The van der Waals surface area contributed by atoms with Gasteiger partial charge in [0, 0.05) is 29.2 Å². The quantitative estimate of drug-likeness (QED) is 0.584. The molecule has 2 amide bonds. The van der Waals surface area contributed by atoms with Crippen molar-refractivity contribution in [3.05, 3.63) is 53.8 Å². The van der Waals surface area contributed by atoms with E-state index in [9.17, 15) is 18.0 Å². The molecular weight excluding hydrogens is 271 g/mol. The van der Waals surface area contributed by atoms with Crippen LogP contribution in [-0.4, -0.2) is 6.03 Å². The van der Waals surface area contributed by atoms with Gasteiger partial charge in [-0.25, -0.2) is 18.0 Å². The topological polar surface area (TPSA) is 67.1 Å². The average Bonchev–Trinajstić information content (AvgIpc) is 2.38. The van der Waals surface area contributed by atoms with Gasteiger partial charge in [0.2, 0.25) is 0 Å². The zero-order valence-corrected chi connectivity index (χ0v) is 10.1. The monoisotopic (exact) mass is 281 g/mol. The lowest BCUT2D eigenvalue weighted by Gasteiger charge is -2.08. The summed E-state index contributed by atoms with van der Waals surface area (Å²) in [7, 11) is 0. The van der Waals surface area contributed by atoms with Crippen LogP contribution in [0.5, 0.6) is 0 Å². The number of hydrogen-bond acceptors (Lipinski definition) is 2. The summed E-state index contributed by atoms with van der Waals surface area (Å²) in [5.41, 5.74) is 6.25. The highest BCUT2D eigenvalue weighted by molar-refractivity contribution is 5.99. The largest absolute Gasteiger partial charge is 0.399 e. The number of halogens is 3. The summed E-state index contributed by atoms with van der Waals surface area (Å²) in [4.78, 5) is 11.6. The van der Waals surface area contributed by atoms with Crippen molar-refractivity contribution in [2.24, 2.45) is 0 Å². The minimum Gasteiger partial charge on any atom is -0.399 e. The smallest absolute Gasteiger partial charge is 0.323 e. The van der Waals surface area contributed by atoms with Crippen molar-refractivity contribution in [3.8, 4) is 0 Å². The first-order valence-electron chi connectivity index (χ1n) is 5.54. The number of benzene rings is 2. The number of amides is 2. The van der Waals surface area contributed by atoms with Crippen LogP contribution >= 0.6 is 0 Å². The maximum atomic E-state index is 13.0. The molecular formula is C13H10F3N3O. The van der Waals surface area contributed by atoms with Gasteiger partial charge in [0.05, 0.1) is 0 Å². The molecule has 2 aromatic rings. The summed E-state index contributed by atoms with van der Waals surface area (Å²) in [6.45, 7) is 0. The van der Waals surface area contributed by atoms with Crippen molar-refractivity contribution in [1.29, 1.82) is 0 Å². The predicted octanol–water partition coefficient (Wildman–Crippen LogP) is 3.33. The third-order valence-electron chi connectivity index (χ3n) is 2.41. The number of nitrogens with one attached hydrogen (secondary N) is 2. The van der Waals surface area contributed by atoms with Gasteiger partial charge in [-0.3, -0.25) is 0 Å². The van der Waals surface area contributed by atoms with E-state index >= 15 is 0 Å². The van der Waals surface area contributed by atoms with Gasteiger partial charge in [-0.1, -0.05) is 0 Å². The van der Waals surface area contributed by atoms with Gasteiger partial charge in [0.15, 0.2) is 17.5 Å². The van der Waals surface area contributed by atoms with Gasteiger partial charge in [-0.15, -0.1) is 0 Å². The minimum absolute atomic E-state index is 0.200. The average molecular weight is 281 g/mol. The minimum atomic E-state index is -1.59. The molecule has 7 heteroatoms. The van der Waals surface area contributed by atoms with Crippen molar-refractivity contribution in [2.75, 3.05) is 16.4 Å². The zero-order chi connectivity index (χ0) is 14.7. The Hall–Kier alpha value is -2.70. The van der Waals surface area contributed by atoms with E-state index in [1.807, 2.05) is 0 Å². The van der Waals surface area contributed by atoms with E-state index in [0.717, 1.165) is 0 Å². The number of carbonyl (C=O) groups is 1. The van der Waals surface area contributed by atoms with Gasteiger partial charge in [0.1, 0.15) is 0 Å². The van der Waals surface area contributed by atoms with Gasteiger partial charge >= 0.3 is 6.03 Å². The molecule has 0 radical (unpaired) electrons. The molecule has 0 fully saturated rings. The van der Waals surface area contributed by atoms with Crippen LogP contribution < -0.4 is 16.4 Å². The van der Waals surface area contributed by atoms with E-state index in [1.165, 1.54) is 0 Å². The molecule has 0 aliphatic rings. The Labute approximate surface area is 112 Å². The van der Waals surface area contributed by atoms with Crippen LogP contribution in [0.4, 0.5) is 35.0 Å². The van der Waals surface area contributed by atoms with Crippen molar-refractivity contribution < 1.29 is 18.0 Å². The summed E-state index contributed by atoms with van der Waals surface area (Å²) in [5.74, 6) is -4.35. The Morgan fingerprint density at radius 1 is 0.900 bits per heavy atom. The maximum Gasteiger partial charge on any atom is 0.323 e. The number of urea groups is 1. The van der Waals surface area contributed by atoms with Crippen LogP contribution in [0, 0.1) is 17.5 Å². The standard InChI is InChI=1S/C13H10F3N3O/c14-10-5-9(6-11(15)12(10)16)19-13(20)18-8-3-1-7(17)2-4-8/h1-6H,17H2,(H2,18,19,20). The van der Waals surface area contributed by atoms with E-state index in [-0.39, 0.29) is 5.69 Å². The molecule has 0 aliphatic heterocycles. The van der Waals surface area contributed by atoms with Crippen LogP contribution in [0.2, 0.25) is 0 Å². The fourth-order valence-corrected chi connectivity index (χ4v) is 1.49.